The number of anilines is 2. The van der Waals surface area contributed by atoms with Crippen molar-refractivity contribution in [1.82, 2.24) is 20.3 Å². The summed E-state index contributed by atoms with van der Waals surface area (Å²) in [7, 11) is 0. The molecular formula is C21H25ClN6O. The predicted octanol–water partition coefficient (Wildman–Crippen LogP) is 3.28. The molecule has 0 saturated carbocycles. The summed E-state index contributed by atoms with van der Waals surface area (Å²) >= 11 is 6.51. The number of hydrogen-bond acceptors (Lipinski definition) is 6. The molecule has 152 valence electrons. The average Bonchev–Trinajstić information content (AvgIpc) is 3.20. The minimum absolute atomic E-state index is 0.341. The summed E-state index contributed by atoms with van der Waals surface area (Å²) < 4.78 is 5.50. The van der Waals surface area contributed by atoms with Gasteiger partial charge >= 0.3 is 0 Å². The number of morpholine rings is 1. The number of nitrogens with zero attached hydrogens (tertiary/aromatic N) is 3. The monoisotopic (exact) mass is 412 g/mol. The van der Waals surface area contributed by atoms with Gasteiger partial charge in [0.05, 0.1) is 41.3 Å². The molecule has 1 atom stereocenters. The van der Waals surface area contributed by atoms with Crippen molar-refractivity contribution in [3.8, 4) is 11.3 Å². The number of H-pyrrole nitrogens is 1. The van der Waals surface area contributed by atoms with E-state index in [9.17, 15) is 0 Å². The summed E-state index contributed by atoms with van der Waals surface area (Å²) in [6.45, 7) is 5.30. The number of benzene rings is 1. The minimum atomic E-state index is 0.341. The Morgan fingerprint density at radius 2 is 2.14 bits per heavy atom. The molecule has 2 aromatic heterocycles. The van der Waals surface area contributed by atoms with Crippen molar-refractivity contribution in [2.24, 2.45) is 0 Å². The first kappa shape index (κ1) is 18.7. The van der Waals surface area contributed by atoms with Gasteiger partial charge in [0.15, 0.2) is 0 Å². The number of para-hydroxylation sites is 1. The number of halogens is 1. The number of aromatic nitrogens is 3. The second-order valence-electron chi connectivity index (χ2n) is 7.58. The van der Waals surface area contributed by atoms with Crippen LogP contribution >= 0.6 is 11.6 Å². The SMILES string of the molecule is Clc1cnc(N[C@H]2CCCNC2)nc1-c1c[nH]c2c(N3CCOCC3)cccc12. The third-order valence-corrected chi connectivity index (χ3v) is 5.95. The Bertz CT molecular complexity index is 994. The Labute approximate surface area is 174 Å². The first-order valence-corrected chi connectivity index (χ1v) is 10.6. The summed E-state index contributed by atoms with van der Waals surface area (Å²) in [5, 5.41) is 8.52. The van der Waals surface area contributed by atoms with Gasteiger partial charge in [0.1, 0.15) is 0 Å². The Hall–Kier alpha value is -2.35. The molecule has 0 bridgehead atoms. The number of rotatable bonds is 4. The molecule has 2 aliphatic heterocycles. The molecule has 0 radical (unpaired) electrons. The zero-order chi connectivity index (χ0) is 19.6. The number of aromatic amines is 1. The summed E-state index contributed by atoms with van der Waals surface area (Å²) in [6, 6.07) is 6.70. The van der Waals surface area contributed by atoms with Crippen LogP contribution in [0.2, 0.25) is 5.02 Å². The largest absolute Gasteiger partial charge is 0.378 e. The van der Waals surface area contributed by atoms with E-state index >= 15 is 0 Å². The van der Waals surface area contributed by atoms with Crippen molar-refractivity contribution < 1.29 is 4.74 Å². The van der Waals surface area contributed by atoms with E-state index < -0.39 is 0 Å². The molecule has 2 fully saturated rings. The molecule has 7 nitrogen and oxygen atoms in total. The van der Waals surface area contributed by atoms with Crippen molar-refractivity contribution in [3.63, 3.8) is 0 Å². The van der Waals surface area contributed by atoms with Crippen LogP contribution in [0.5, 0.6) is 0 Å². The van der Waals surface area contributed by atoms with E-state index in [0.717, 1.165) is 74.4 Å². The summed E-state index contributed by atoms with van der Waals surface area (Å²) in [6.07, 6.45) is 5.96. The van der Waals surface area contributed by atoms with Crippen LogP contribution in [0.4, 0.5) is 11.6 Å². The molecule has 8 heteroatoms. The quantitative estimate of drug-likeness (QED) is 0.610. The van der Waals surface area contributed by atoms with Crippen LogP contribution in [-0.2, 0) is 4.74 Å². The molecule has 1 aromatic carbocycles. The Kier molecular flexibility index (Phi) is 5.26. The fourth-order valence-electron chi connectivity index (χ4n) is 4.19. The number of fused-ring (bicyclic) bond motifs is 1. The molecule has 0 amide bonds. The number of ether oxygens (including phenoxy) is 1. The van der Waals surface area contributed by atoms with Gasteiger partial charge in [-0.25, -0.2) is 9.97 Å². The van der Waals surface area contributed by atoms with Crippen molar-refractivity contribution in [2.45, 2.75) is 18.9 Å². The normalized spacial score (nSPS) is 20.2. The molecule has 3 N–H and O–H groups in total. The third kappa shape index (κ3) is 3.77. The van der Waals surface area contributed by atoms with Crippen molar-refractivity contribution in [1.29, 1.82) is 0 Å². The summed E-state index contributed by atoms with van der Waals surface area (Å²) in [5.74, 6) is 0.622. The Balaban J connectivity index is 1.49. The summed E-state index contributed by atoms with van der Waals surface area (Å²) in [4.78, 5) is 15.0. The molecular weight excluding hydrogens is 388 g/mol. The highest BCUT2D eigenvalue weighted by Crippen LogP contribution is 2.36. The van der Waals surface area contributed by atoms with Crippen molar-refractivity contribution in [2.75, 3.05) is 49.6 Å². The van der Waals surface area contributed by atoms with E-state index in [2.05, 4.69) is 43.7 Å². The third-order valence-electron chi connectivity index (χ3n) is 5.67. The second kappa shape index (κ2) is 8.18. The molecule has 2 saturated heterocycles. The smallest absolute Gasteiger partial charge is 0.223 e. The van der Waals surface area contributed by atoms with Crippen LogP contribution in [0.15, 0.2) is 30.6 Å². The average molecular weight is 413 g/mol. The molecule has 0 spiro atoms. The highest BCUT2D eigenvalue weighted by molar-refractivity contribution is 6.33. The Morgan fingerprint density at radius 3 is 2.97 bits per heavy atom. The Morgan fingerprint density at radius 1 is 1.24 bits per heavy atom. The molecule has 5 rings (SSSR count). The summed E-state index contributed by atoms with van der Waals surface area (Å²) in [5.41, 5.74) is 4.03. The zero-order valence-electron chi connectivity index (χ0n) is 16.2. The number of nitrogens with one attached hydrogen (secondary N) is 3. The van der Waals surface area contributed by atoms with Gasteiger partial charge in [-0.3, -0.25) is 0 Å². The van der Waals surface area contributed by atoms with Crippen LogP contribution in [0.25, 0.3) is 22.2 Å². The van der Waals surface area contributed by atoms with Gasteiger partial charge in [-0.2, -0.15) is 0 Å². The van der Waals surface area contributed by atoms with Gasteiger partial charge in [-0.05, 0) is 25.5 Å². The van der Waals surface area contributed by atoms with Crippen LogP contribution < -0.4 is 15.5 Å². The highest BCUT2D eigenvalue weighted by atomic mass is 35.5. The molecule has 0 aliphatic carbocycles. The van der Waals surface area contributed by atoms with Crippen molar-refractivity contribution >= 4 is 34.1 Å². The molecule has 0 unspecified atom stereocenters. The van der Waals surface area contributed by atoms with Crippen LogP contribution in [0, 0.1) is 0 Å². The molecule has 2 aliphatic rings. The fraction of sp³-hybridized carbons (Fsp3) is 0.429. The topological polar surface area (TPSA) is 78.1 Å². The highest BCUT2D eigenvalue weighted by Gasteiger charge is 2.19. The zero-order valence-corrected chi connectivity index (χ0v) is 17.0. The lowest BCUT2D eigenvalue weighted by atomic mass is 10.1. The molecule has 4 heterocycles. The van der Waals surface area contributed by atoms with E-state index in [1.54, 1.807) is 6.20 Å². The standard InChI is InChI=1S/C21H25ClN6O/c22-17-13-25-21(26-14-3-2-6-23-11-14)27-19(17)16-12-24-20-15(16)4-1-5-18(20)28-7-9-29-10-8-28/h1,4-5,12-14,23-24H,2-3,6-11H2,(H,25,26,27)/t14-/m0/s1. The lowest BCUT2D eigenvalue weighted by Gasteiger charge is -2.29. The molecule has 29 heavy (non-hydrogen) atoms. The van der Waals surface area contributed by atoms with E-state index in [1.165, 1.54) is 5.69 Å². The first-order chi connectivity index (χ1) is 14.3. The van der Waals surface area contributed by atoms with E-state index in [-0.39, 0.29) is 0 Å². The minimum Gasteiger partial charge on any atom is -0.378 e. The van der Waals surface area contributed by atoms with Crippen molar-refractivity contribution in [3.05, 3.63) is 35.6 Å². The number of piperidine rings is 1. The van der Waals surface area contributed by atoms with Gasteiger partial charge in [0.2, 0.25) is 5.95 Å². The van der Waals surface area contributed by atoms with Gasteiger partial charge in [-0.15, -0.1) is 0 Å². The van der Waals surface area contributed by atoms with Gasteiger partial charge < -0.3 is 25.3 Å². The maximum Gasteiger partial charge on any atom is 0.223 e. The maximum atomic E-state index is 6.51. The van der Waals surface area contributed by atoms with Crippen LogP contribution in [0.1, 0.15) is 12.8 Å². The lowest BCUT2D eigenvalue weighted by molar-refractivity contribution is 0.123. The maximum absolute atomic E-state index is 6.51. The predicted molar refractivity (Wildman–Crippen MR) is 117 cm³/mol. The fourth-order valence-corrected chi connectivity index (χ4v) is 4.38. The van der Waals surface area contributed by atoms with Crippen LogP contribution in [-0.4, -0.2) is 60.4 Å². The molecule has 3 aromatic rings. The van der Waals surface area contributed by atoms with Gasteiger partial charge in [-0.1, -0.05) is 23.7 Å². The first-order valence-electron chi connectivity index (χ1n) is 10.2. The second-order valence-corrected chi connectivity index (χ2v) is 7.99. The number of hydrogen-bond donors (Lipinski definition) is 3. The van der Waals surface area contributed by atoms with E-state index in [4.69, 9.17) is 21.3 Å². The van der Waals surface area contributed by atoms with E-state index in [1.807, 2.05) is 6.20 Å². The van der Waals surface area contributed by atoms with E-state index in [0.29, 0.717) is 17.0 Å². The van der Waals surface area contributed by atoms with Gasteiger partial charge in [0.25, 0.3) is 0 Å². The van der Waals surface area contributed by atoms with Gasteiger partial charge in [0, 0.05) is 42.8 Å². The van der Waals surface area contributed by atoms with Crippen LogP contribution in [0.3, 0.4) is 0 Å². The lowest BCUT2D eigenvalue weighted by Crippen LogP contribution is -2.38.